The first-order valence-corrected chi connectivity index (χ1v) is 6.46. The molecule has 0 aliphatic heterocycles. The van der Waals surface area contributed by atoms with Gasteiger partial charge < -0.3 is 10.2 Å². The second kappa shape index (κ2) is 6.14. The number of likely N-dealkylation sites (N-methyl/N-ethyl adjacent to an activating group) is 2. The molecule has 0 saturated carbocycles. The van der Waals surface area contributed by atoms with Gasteiger partial charge in [0.15, 0.2) is 0 Å². The normalized spacial score (nSPS) is 11.3. The van der Waals surface area contributed by atoms with Gasteiger partial charge in [0.25, 0.3) is 0 Å². The van der Waals surface area contributed by atoms with Crippen LogP contribution in [-0.2, 0) is 6.54 Å². The van der Waals surface area contributed by atoms with Crippen molar-refractivity contribution in [3.63, 3.8) is 0 Å². The highest BCUT2D eigenvalue weighted by molar-refractivity contribution is 6.30. The number of para-hydroxylation sites is 1. The quantitative estimate of drug-likeness (QED) is 0.841. The van der Waals surface area contributed by atoms with Gasteiger partial charge in [0.05, 0.1) is 5.52 Å². The summed E-state index contributed by atoms with van der Waals surface area (Å²) < 4.78 is 0. The Balaban J connectivity index is 2.19. The molecule has 1 aromatic heterocycles. The molecule has 3 nitrogen and oxygen atoms in total. The van der Waals surface area contributed by atoms with Gasteiger partial charge in [-0.05, 0) is 26.2 Å². The highest BCUT2D eigenvalue weighted by atomic mass is 35.5. The fraction of sp³-hybridized carbons (Fsp3) is 0.357. The number of hydrogen-bond donors (Lipinski definition) is 1. The molecule has 96 valence electrons. The fourth-order valence-electron chi connectivity index (χ4n) is 1.92. The molecular weight excluding hydrogens is 246 g/mol. The maximum absolute atomic E-state index is 6.23. The Labute approximate surface area is 113 Å². The molecule has 0 aliphatic carbocycles. The van der Waals surface area contributed by atoms with Gasteiger partial charge in [-0.1, -0.05) is 29.8 Å². The molecule has 1 heterocycles. The number of pyridine rings is 1. The molecule has 0 bridgehead atoms. The molecule has 4 heteroatoms. The zero-order valence-corrected chi connectivity index (χ0v) is 11.5. The van der Waals surface area contributed by atoms with Crippen LogP contribution in [0.4, 0.5) is 0 Å². The van der Waals surface area contributed by atoms with Crippen LogP contribution in [0.1, 0.15) is 5.56 Å². The first-order valence-electron chi connectivity index (χ1n) is 6.08. The Hall–Kier alpha value is -1.16. The lowest BCUT2D eigenvalue weighted by Crippen LogP contribution is -2.27. The summed E-state index contributed by atoms with van der Waals surface area (Å²) >= 11 is 6.23. The van der Waals surface area contributed by atoms with Crippen LogP contribution in [-0.4, -0.2) is 37.1 Å². The van der Waals surface area contributed by atoms with E-state index < -0.39 is 0 Å². The fourth-order valence-corrected chi connectivity index (χ4v) is 2.12. The molecule has 0 fully saturated rings. The van der Waals surface area contributed by atoms with Crippen molar-refractivity contribution in [2.24, 2.45) is 0 Å². The molecule has 18 heavy (non-hydrogen) atoms. The number of rotatable bonds is 5. The van der Waals surface area contributed by atoms with E-state index >= 15 is 0 Å². The number of aromatic nitrogens is 1. The molecule has 0 saturated heterocycles. The van der Waals surface area contributed by atoms with E-state index in [0.29, 0.717) is 5.15 Å². The third-order valence-electron chi connectivity index (χ3n) is 2.93. The Bertz CT molecular complexity index is 527. The van der Waals surface area contributed by atoms with Gasteiger partial charge in [-0.3, -0.25) is 0 Å². The highest BCUT2D eigenvalue weighted by Crippen LogP contribution is 2.21. The Morgan fingerprint density at radius 2 is 2.11 bits per heavy atom. The van der Waals surface area contributed by atoms with Crippen LogP contribution < -0.4 is 5.32 Å². The molecule has 0 unspecified atom stereocenters. The Morgan fingerprint density at radius 3 is 2.89 bits per heavy atom. The van der Waals surface area contributed by atoms with Crippen LogP contribution in [0.5, 0.6) is 0 Å². The molecule has 2 aromatic rings. The van der Waals surface area contributed by atoms with E-state index in [2.05, 4.69) is 34.4 Å². The molecule has 1 aromatic carbocycles. The number of halogens is 1. The number of nitrogens with one attached hydrogen (secondary N) is 1. The summed E-state index contributed by atoms with van der Waals surface area (Å²) in [6.07, 6.45) is 0. The van der Waals surface area contributed by atoms with E-state index in [1.807, 2.05) is 25.2 Å². The van der Waals surface area contributed by atoms with Crippen molar-refractivity contribution >= 4 is 22.5 Å². The topological polar surface area (TPSA) is 28.2 Å². The van der Waals surface area contributed by atoms with Crippen molar-refractivity contribution in [1.82, 2.24) is 15.2 Å². The minimum absolute atomic E-state index is 0.602. The maximum atomic E-state index is 6.23. The van der Waals surface area contributed by atoms with E-state index in [1.54, 1.807) is 0 Å². The Kier molecular flexibility index (Phi) is 4.53. The van der Waals surface area contributed by atoms with Gasteiger partial charge in [-0.2, -0.15) is 0 Å². The number of nitrogens with zero attached hydrogens (tertiary/aromatic N) is 2. The van der Waals surface area contributed by atoms with E-state index in [1.165, 1.54) is 0 Å². The third kappa shape index (κ3) is 3.19. The smallest absolute Gasteiger partial charge is 0.134 e. The van der Waals surface area contributed by atoms with Crippen LogP contribution in [0.25, 0.3) is 10.9 Å². The van der Waals surface area contributed by atoms with Crippen molar-refractivity contribution in [2.75, 3.05) is 27.2 Å². The van der Waals surface area contributed by atoms with Crippen LogP contribution in [0.2, 0.25) is 5.15 Å². The third-order valence-corrected chi connectivity index (χ3v) is 3.26. The second-order valence-corrected chi connectivity index (χ2v) is 4.83. The van der Waals surface area contributed by atoms with E-state index in [0.717, 1.165) is 36.1 Å². The molecule has 2 rings (SSSR count). The van der Waals surface area contributed by atoms with Gasteiger partial charge in [0.2, 0.25) is 0 Å². The lowest BCUT2D eigenvalue weighted by Gasteiger charge is -2.17. The van der Waals surface area contributed by atoms with Gasteiger partial charge >= 0.3 is 0 Å². The van der Waals surface area contributed by atoms with Crippen molar-refractivity contribution < 1.29 is 0 Å². The van der Waals surface area contributed by atoms with Crippen LogP contribution in [0.3, 0.4) is 0 Å². The lowest BCUT2D eigenvalue weighted by atomic mass is 10.1. The van der Waals surface area contributed by atoms with E-state index in [9.17, 15) is 0 Å². The van der Waals surface area contributed by atoms with Crippen molar-refractivity contribution in [2.45, 2.75) is 6.54 Å². The second-order valence-electron chi connectivity index (χ2n) is 4.47. The van der Waals surface area contributed by atoms with Gasteiger partial charge in [-0.15, -0.1) is 0 Å². The van der Waals surface area contributed by atoms with Crippen molar-refractivity contribution in [3.05, 3.63) is 41.0 Å². The largest absolute Gasteiger partial charge is 0.318 e. The van der Waals surface area contributed by atoms with Crippen molar-refractivity contribution in [1.29, 1.82) is 0 Å². The minimum atomic E-state index is 0.602. The molecular formula is C14H18ClN3. The van der Waals surface area contributed by atoms with E-state index in [4.69, 9.17) is 11.6 Å². The van der Waals surface area contributed by atoms with Crippen molar-refractivity contribution in [3.8, 4) is 0 Å². The van der Waals surface area contributed by atoms with Gasteiger partial charge in [0.1, 0.15) is 5.15 Å². The summed E-state index contributed by atoms with van der Waals surface area (Å²) in [7, 11) is 4.04. The summed E-state index contributed by atoms with van der Waals surface area (Å²) in [5.41, 5.74) is 2.03. The molecule has 0 aliphatic rings. The monoisotopic (exact) mass is 263 g/mol. The van der Waals surface area contributed by atoms with Crippen LogP contribution >= 0.6 is 11.6 Å². The molecule has 0 atom stereocenters. The molecule has 0 amide bonds. The predicted molar refractivity (Wildman–Crippen MR) is 77.0 cm³/mol. The van der Waals surface area contributed by atoms with Crippen LogP contribution in [0, 0.1) is 0 Å². The maximum Gasteiger partial charge on any atom is 0.134 e. The van der Waals surface area contributed by atoms with Crippen LogP contribution in [0.15, 0.2) is 30.3 Å². The number of benzene rings is 1. The average Bonchev–Trinajstić information content (AvgIpc) is 2.37. The lowest BCUT2D eigenvalue weighted by molar-refractivity contribution is 0.328. The molecule has 0 radical (unpaired) electrons. The first kappa shape index (κ1) is 13.3. The summed E-state index contributed by atoms with van der Waals surface area (Å²) in [5.74, 6) is 0. The molecule has 0 spiro atoms. The highest BCUT2D eigenvalue weighted by Gasteiger charge is 2.07. The SMILES string of the molecule is CNCCN(C)Cc1cc2ccccc2nc1Cl. The zero-order valence-electron chi connectivity index (χ0n) is 10.8. The predicted octanol–water partition coefficient (Wildman–Crippen LogP) is 2.54. The van der Waals surface area contributed by atoms with Gasteiger partial charge in [-0.25, -0.2) is 4.98 Å². The standard InChI is InChI=1S/C14H18ClN3/c1-16-7-8-18(2)10-12-9-11-5-3-4-6-13(11)17-14(12)15/h3-6,9,16H,7-8,10H2,1-2H3. The summed E-state index contributed by atoms with van der Waals surface area (Å²) in [6, 6.07) is 10.2. The zero-order chi connectivity index (χ0) is 13.0. The number of fused-ring (bicyclic) bond motifs is 1. The minimum Gasteiger partial charge on any atom is -0.318 e. The summed E-state index contributed by atoms with van der Waals surface area (Å²) in [5, 5.41) is 4.88. The average molecular weight is 264 g/mol. The molecule has 1 N–H and O–H groups in total. The first-order chi connectivity index (χ1) is 8.70. The van der Waals surface area contributed by atoms with Gasteiger partial charge in [0, 0.05) is 30.6 Å². The Morgan fingerprint density at radius 1 is 1.33 bits per heavy atom. The number of hydrogen-bond acceptors (Lipinski definition) is 3. The summed E-state index contributed by atoms with van der Waals surface area (Å²) in [4.78, 5) is 6.66. The summed E-state index contributed by atoms with van der Waals surface area (Å²) in [6.45, 7) is 2.77. The van der Waals surface area contributed by atoms with E-state index in [-0.39, 0.29) is 0 Å².